The topological polar surface area (TPSA) is 29.5 Å². The molecule has 1 N–H and O–H groups in total. The summed E-state index contributed by atoms with van der Waals surface area (Å²) in [5, 5.41) is 9.61. The number of aliphatic hydroxyl groups is 1. The molecule has 19 heavy (non-hydrogen) atoms. The van der Waals surface area contributed by atoms with Crippen LogP contribution in [-0.2, 0) is 0 Å². The van der Waals surface area contributed by atoms with Crippen LogP contribution in [0, 0.1) is 0 Å². The van der Waals surface area contributed by atoms with Gasteiger partial charge in [-0.3, -0.25) is 0 Å². The van der Waals surface area contributed by atoms with Gasteiger partial charge in [-0.2, -0.15) is 0 Å². The van der Waals surface area contributed by atoms with E-state index in [0.717, 1.165) is 5.75 Å². The minimum atomic E-state index is -0.677. The molecule has 0 aromatic heterocycles. The summed E-state index contributed by atoms with van der Waals surface area (Å²) < 4.78 is 5.61. The van der Waals surface area contributed by atoms with Gasteiger partial charge in [-0.25, -0.2) is 0 Å². The molecule has 0 unspecified atom stereocenters. The second-order valence-electron chi connectivity index (χ2n) is 5.30. The van der Waals surface area contributed by atoms with Crippen molar-refractivity contribution in [1.82, 2.24) is 0 Å². The van der Waals surface area contributed by atoms with Crippen molar-refractivity contribution in [3.8, 4) is 16.9 Å². The first-order valence-corrected chi connectivity index (χ1v) is 6.55. The molecule has 0 saturated heterocycles. The highest BCUT2D eigenvalue weighted by Crippen LogP contribution is 2.22. The van der Waals surface area contributed by atoms with Crippen LogP contribution in [0.1, 0.15) is 20.3 Å². The van der Waals surface area contributed by atoms with Crippen molar-refractivity contribution < 1.29 is 9.84 Å². The normalized spacial score (nSPS) is 11.3. The predicted molar refractivity (Wildman–Crippen MR) is 78.3 cm³/mol. The Bertz CT molecular complexity index is 495. The zero-order valence-electron chi connectivity index (χ0n) is 11.5. The number of rotatable bonds is 5. The molecule has 2 aromatic carbocycles. The molecule has 0 aliphatic carbocycles. The van der Waals surface area contributed by atoms with Crippen LogP contribution >= 0.6 is 0 Å². The first-order chi connectivity index (χ1) is 9.04. The summed E-state index contributed by atoms with van der Waals surface area (Å²) in [6, 6.07) is 18.3. The lowest BCUT2D eigenvalue weighted by Gasteiger charge is -2.17. The summed E-state index contributed by atoms with van der Waals surface area (Å²) in [5.41, 5.74) is 1.70. The summed E-state index contributed by atoms with van der Waals surface area (Å²) >= 11 is 0. The highest BCUT2D eigenvalue weighted by Gasteiger charge is 2.11. The number of hydrogen-bond acceptors (Lipinski definition) is 2. The zero-order chi connectivity index (χ0) is 13.7. The molecule has 0 heterocycles. The van der Waals surface area contributed by atoms with E-state index in [1.807, 2.05) is 30.3 Å². The van der Waals surface area contributed by atoms with Crippen LogP contribution in [-0.4, -0.2) is 17.3 Å². The van der Waals surface area contributed by atoms with Gasteiger partial charge in [0.05, 0.1) is 12.2 Å². The van der Waals surface area contributed by atoms with Gasteiger partial charge in [-0.15, -0.1) is 0 Å². The maximum absolute atomic E-state index is 9.61. The van der Waals surface area contributed by atoms with Gasteiger partial charge in [0.25, 0.3) is 0 Å². The van der Waals surface area contributed by atoms with Gasteiger partial charge in [0, 0.05) is 6.42 Å². The van der Waals surface area contributed by atoms with Crippen LogP contribution in [0.3, 0.4) is 0 Å². The van der Waals surface area contributed by atoms with Gasteiger partial charge in [-0.05, 0) is 37.1 Å². The lowest BCUT2D eigenvalue weighted by molar-refractivity contribution is 0.0553. The van der Waals surface area contributed by atoms with E-state index in [1.165, 1.54) is 11.1 Å². The van der Waals surface area contributed by atoms with Crippen molar-refractivity contribution in [2.75, 3.05) is 6.61 Å². The van der Waals surface area contributed by atoms with Crippen molar-refractivity contribution in [3.05, 3.63) is 54.6 Å². The van der Waals surface area contributed by atoms with Crippen LogP contribution in [0.2, 0.25) is 0 Å². The molecule has 2 rings (SSSR count). The minimum absolute atomic E-state index is 0.522. The maximum atomic E-state index is 9.61. The predicted octanol–water partition coefficient (Wildman–Crippen LogP) is 3.89. The highest BCUT2D eigenvalue weighted by atomic mass is 16.5. The van der Waals surface area contributed by atoms with E-state index in [-0.39, 0.29) is 0 Å². The van der Waals surface area contributed by atoms with Gasteiger partial charge in [0.1, 0.15) is 5.75 Å². The average molecular weight is 256 g/mol. The van der Waals surface area contributed by atoms with Gasteiger partial charge in [-0.1, -0.05) is 42.5 Å². The maximum Gasteiger partial charge on any atom is 0.119 e. The van der Waals surface area contributed by atoms with Crippen molar-refractivity contribution in [1.29, 1.82) is 0 Å². The highest BCUT2D eigenvalue weighted by molar-refractivity contribution is 5.63. The fourth-order valence-electron chi connectivity index (χ4n) is 1.79. The average Bonchev–Trinajstić information content (AvgIpc) is 2.39. The smallest absolute Gasteiger partial charge is 0.119 e. The van der Waals surface area contributed by atoms with Crippen LogP contribution in [0.5, 0.6) is 5.75 Å². The molecule has 0 bridgehead atoms. The molecule has 0 spiro atoms. The van der Waals surface area contributed by atoms with E-state index in [9.17, 15) is 5.11 Å². The third kappa shape index (κ3) is 4.42. The molecule has 0 saturated carbocycles. The largest absolute Gasteiger partial charge is 0.493 e. The van der Waals surface area contributed by atoms with Crippen LogP contribution < -0.4 is 4.74 Å². The fourth-order valence-corrected chi connectivity index (χ4v) is 1.79. The van der Waals surface area contributed by atoms with E-state index < -0.39 is 5.60 Å². The van der Waals surface area contributed by atoms with Crippen LogP contribution in [0.4, 0.5) is 0 Å². The fraction of sp³-hybridized carbons (Fsp3) is 0.294. The Kier molecular flexibility index (Phi) is 4.23. The molecule has 0 fully saturated rings. The second-order valence-corrected chi connectivity index (χ2v) is 5.30. The Balaban J connectivity index is 1.96. The van der Waals surface area contributed by atoms with E-state index >= 15 is 0 Å². The lowest BCUT2D eigenvalue weighted by Crippen LogP contribution is -2.21. The molecule has 0 atom stereocenters. The Hall–Kier alpha value is -1.80. The first-order valence-electron chi connectivity index (χ1n) is 6.55. The molecule has 0 radical (unpaired) electrons. The summed E-state index contributed by atoms with van der Waals surface area (Å²) in [6.07, 6.45) is 0.618. The molecule has 100 valence electrons. The van der Waals surface area contributed by atoms with Crippen LogP contribution in [0.15, 0.2) is 54.6 Å². The molecule has 2 heteroatoms. The summed E-state index contributed by atoms with van der Waals surface area (Å²) in [5.74, 6) is 0.837. The summed E-state index contributed by atoms with van der Waals surface area (Å²) in [7, 11) is 0. The molecule has 0 aliphatic heterocycles. The Morgan fingerprint density at radius 2 is 1.47 bits per heavy atom. The standard InChI is InChI=1S/C17H20O2/c1-17(2,18)12-13-19-16-10-8-15(9-11-16)14-6-4-3-5-7-14/h3-11,18H,12-13H2,1-2H3. The monoisotopic (exact) mass is 256 g/mol. The molecule has 0 aliphatic rings. The van der Waals surface area contributed by atoms with Crippen molar-refractivity contribution in [2.45, 2.75) is 25.9 Å². The number of benzene rings is 2. The van der Waals surface area contributed by atoms with Gasteiger partial charge < -0.3 is 9.84 Å². The third-order valence-electron chi connectivity index (χ3n) is 2.94. The molecular formula is C17H20O2. The van der Waals surface area contributed by atoms with Gasteiger partial charge in [0.15, 0.2) is 0 Å². The van der Waals surface area contributed by atoms with Crippen molar-refractivity contribution >= 4 is 0 Å². The zero-order valence-corrected chi connectivity index (χ0v) is 11.5. The van der Waals surface area contributed by atoms with Crippen molar-refractivity contribution in [2.24, 2.45) is 0 Å². The molecule has 2 nitrogen and oxygen atoms in total. The number of hydrogen-bond donors (Lipinski definition) is 1. The number of ether oxygens (including phenoxy) is 1. The summed E-state index contributed by atoms with van der Waals surface area (Å²) in [6.45, 7) is 4.10. The van der Waals surface area contributed by atoms with Crippen LogP contribution in [0.25, 0.3) is 11.1 Å². The van der Waals surface area contributed by atoms with E-state index in [0.29, 0.717) is 13.0 Å². The Labute approximate surface area is 114 Å². The molecular weight excluding hydrogens is 236 g/mol. The summed E-state index contributed by atoms with van der Waals surface area (Å²) in [4.78, 5) is 0. The minimum Gasteiger partial charge on any atom is -0.493 e. The quantitative estimate of drug-likeness (QED) is 0.879. The third-order valence-corrected chi connectivity index (χ3v) is 2.94. The molecule has 0 amide bonds. The first kappa shape index (κ1) is 13.6. The lowest BCUT2D eigenvalue weighted by atomic mass is 10.1. The van der Waals surface area contributed by atoms with E-state index in [4.69, 9.17) is 4.74 Å². The molecule has 2 aromatic rings. The SMILES string of the molecule is CC(C)(O)CCOc1ccc(-c2ccccc2)cc1. The Morgan fingerprint density at radius 1 is 0.895 bits per heavy atom. The van der Waals surface area contributed by atoms with E-state index in [2.05, 4.69) is 24.3 Å². The van der Waals surface area contributed by atoms with Crippen molar-refractivity contribution in [3.63, 3.8) is 0 Å². The van der Waals surface area contributed by atoms with Gasteiger partial charge in [0.2, 0.25) is 0 Å². The van der Waals surface area contributed by atoms with Gasteiger partial charge >= 0.3 is 0 Å². The second kappa shape index (κ2) is 5.89. The van der Waals surface area contributed by atoms with E-state index in [1.54, 1.807) is 13.8 Å². The Morgan fingerprint density at radius 3 is 2.05 bits per heavy atom.